The van der Waals surface area contributed by atoms with Gasteiger partial charge in [-0.05, 0) is 26.8 Å². The van der Waals surface area contributed by atoms with Crippen molar-refractivity contribution in [2.75, 3.05) is 19.0 Å². The SMILES string of the molecule is COC(C)CNc1cc(C)nc(C)c1C(=N)N. The second-order valence-corrected chi connectivity index (χ2v) is 4.11. The highest BCUT2D eigenvalue weighted by Crippen LogP contribution is 2.19. The van der Waals surface area contributed by atoms with E-state index in [-0.39, 0.29) is 11.9 Å². The summed E-state index contributed by atoms with van der Waals surface area (Å²) >= 11 is 0. The van der Waals surface area contributed by atoms with Gasteiger partial charge in [0.15, 0.2) is 0 Å². The van der Waals surface area contributed by atoms with Crippen molar-refractivity contribution in [3.63, 3.8) is 0 Å². The Balaban J connectivity index is 3.00. The van der Waals surface area contributed by atoms with Crippen LogP contribution >= 0.6 is 0 Å². The lowest BCUT2D eigenvalue weighted by Gasteiger charge is -2.16. The Morgan fingerprint density at radius 3 is 2.76 bits per heavy atom. The molecule has 0 amide bonds. The topological polar surface area (TPSA) is 84.0 Å². The molecule has 5 nitrogen and oxygen atoms in total. The largest absolute Gasteiger partial charge is 0.384 e. The van der Waals surface area contributed by atoms with Crippen molar-refractivity contribution >= 4 is 11.5 Å². The molecule has 1 unspecified atom stereocenters. The van der Waals surface area contributed by atoms with Gasteiger partial charge in [-0.3, -0.25) is 10.4 Å². The summed E-state index contributed by atoms with van der Waals surface area (Å²) in [6.07, 6.45) is 0.101. The minimum atomic E-state index is 0.0302. The van der Waals surface area contributed by atoms with Crippen LogP contribution in [0.25, 0.3) is 0 Å². The van der Waals surface area contributed by atoms with E-state index in [0.29, 0.717) is 12.1 Å². The molecule has 0 aromatic carbocycles. The van der Waals surface area contributed by atoms with Crippen LogP contribution < -0.4 is 11.1 Å². The highest BCUT2D eigenvalue weighted by molar-refractivity contribution is 6.01. The molecule has 1 heterocycles. The quantitative estimate of drug-likeness (QED) is 0.533. The summed E-state index contributed by atoms with van der Waals surface area (Å²) in [7, 11) is 1.67. The van der Waals surface area contributed by atoms with Gasteiger partial charge < -0.3 is 15.8 Å². The van der Waals surface area contributed by atoms with Crippen LogP contribution in [-0.2, 0) is 4.74 Å². The number of nitrogens with one attached hydrogen (secondary N) is 2. The lowest BCUT2D eigenvalue weighted by Crippen LogP contribution is -2.22. The number of aryl methyl sites for hydroxylation is 2. The second-order valence-electron chi connectivity index (χ2n) is 4.11. The summed E-state index contributed by atoms with van der Waals surface area (Å²) < 4.78 is 5.17. The lowest BCUT2D eigenvalue weighted by atomic mass is 10.1. The zero-order chi connectivity index (χ0) is 13.0. The van der Waals surface area contributed by atoms with E-state index in [1.807, 2.05) is 26.8 Å². The number of methoxy groups -OCH3 is 1. The van der Waals surface area contributed by atoms with Crippen molar-refractivity contribution in [3.05, 3.63) is 23.0 Å². The van der Waals surface area contributed by atoms with Crippen LogP contribution in [0.1, 0.15) is 23.9 Å². The van der Waals surface area contributed by atoms with Gasteiger partial charge in [0, 0.05) is 25.0 Å². The smallest absolute Gasteiger partial charge is 0.126 e. The number of amidine groups is 1. The Morgan fingerprint density at radius 2 is 2.24 bits per heavy atom. The fraction of sp³-hybridized carbons (Fsp3) is 0.500. The summed E-state index contributed by atoms with van der Waals surface area (Å²) in [5.41, 5.74) is 8.75. The molecule has 5 heteroatoms. The van der Waals surface area contributed by atoms with Crippen LogP contribution in [0.5, 0.6) is 0 Å². The van der Waals surface area contributed by atoms with Gasteiger partial charge in [-0.2, -0.15) is 0 Å². The summed E-state index contributed by atoms with van der Waals surface area (Å²) in [5, 5.41) is 10.8. The minimum Gasteiger partial charge on any atom is -0.384 e. The number of pyridine rings is 1. The first-order chi connectivity index (χ1) is 7.95. The maximum absolute atomic E-state index is 7.58. The first-order valence-corrected chi connectivity index (χ1v) is 5.55. The van der Waals surface area contributed by atoms with E-state index in [9.17, 15) is 0 Å². The number of rotatable bonds is 5. The molecule has 1 aromatic rings. The molecule has 0 aliphatic heterocycles. The number of aromatic nitrogens is 1. The van der Waals surface area contributed by atoms with E-state index in [1.165, 1.54) is 0 Å². The number of nitrogens with zero attached hydrogens (tertiary/aromatic N) is 1. The van der Waals surface area contributed by atoms with Gasteiger partial charge >= 0.3 is 0 Å². The molecule has 0 radical (unpaired) electrons. The molecule has 0 fully saturated rings. The molecular formula is C12H20N4O. The standard InChI is InChI=1S/C12H20N4O/c1-7-5-10(15-6-8(2)17-4)11(12(13)14)9(3)16-7/h5,8H,6H2,1-4H3,(H3,13,14)(H,15,16). The molecule has 0 aliphatic rings. The number of hydrogen-bond acceptors (Lipinski definition) is 4. The van der Waals surface area contributed by atoms with Crippen molar-refractivity contribution < 1.29 is 4.74 Å². The first-order valence-electron chi connectivity index (χ1n) is 5.55. The number of anilines is 1. The number of hydrogen-bond donors (Lipinski definition) is 3. The average molecular weight is 236 g/mol. The number of nitrogen functional groups attached to an aromatic ring is 1. The maximum atomic E-state index is 7.58. The normalized spacial score (nSPS) is 12.2. The molecule has 4 N–H and O–H groups in total. The molecule has 0 saturated carbocycles. The summed E-state index contributed by atoms with van der Waals surface area (Å²) in [6.45, 7) is 6.41. The molecular weight excluding hydrogens is 216 g/mol. The monoisotopic (exact) mass is 236 g/mol. The zero-order valence-corrected chi connectivity index (χ0v) is 10.8. The number of ether oxygens (including phenoxy) is 1. The van der Waals surface area contributed by atoms with Crippen LogP contribution in [0.4, 0.5) is 5.69 Å². The Bertz CT molecular complexity index is 417. The summed E-state index contributed by atoms with van der Waals surface area (Å²) in [6, 6.07) is 1.89. The third-order valence-corrected chi connectivity index (χ3v) is 2.58. The molecule has 0 aliphatic carbocycles. The van der Waals surface area contributed by atoms with Crippen molar-refractivity contribution in [2.45, 2.75) is 26.9 Å². The van der Waals surface area contributed by atoms with Crippen molar-refractivity contribution in [3.8, 4) is 0 Å². The Labute approximate surface area is 102 Å². The molecule has 0 saturated heterocycles. The van der Waals surface area contributed by atoms with Crippen LogP contribution in [0.2, 0.25) is 0 Å². The molecule has 0 spiro atoms. The fourth-order valence-electron chi connectivity index (χ4n) is 1.65. The van der Waals surface area contributed by atoms with Gasteiger partial charge in [0.05, 0.1) is 17.4 Å². The third kappa shape index (κ3) is 3.42. The van der Waals surface area contributed by atoms with E-state index in [1.54, 1.807) is 7.11 Å². The Hall–Kier alpha value is -1.62. The average Bonchev–Trinajstić information content (AvgIpc) is 2.24. The Kier molecular flexibility index (Phi) is 4.45. The number of nitrogens with two attached hydrogens (primary N) is 1. The maximum Gasteiger partial charge on any atom is 0.126 e. The van der Waals surface area contributed by atoms with Crippen LogP contribution in [0.15, 0.2) is 6.07 Å². The van der Waals surface area contributed by atoms with Gasteiger partial charge in [0.2, 0.25) is 0 Å². The van der Waals surface area contributed by atoms with Crippen LogP contribution in [0, 0.1) is 19.3 Å². The van der Waals surface area contributed by atoms with Gasteiger partial charge in [-0.25, -0.2) is 0 Å². The highest BCUT2D eigenvalue weighted by Gasteiger charge is 2.11. The van der Waals surface area contributed by atoms with E-state index < -0.39 is 0 Å². The molecule has 0 bridgehead atoms. The summed E-state index contributed by atoms with van der Waals surface area (Å²) in [5.74, 6) is 0.0302. The first kappa shape index (κ1) is 13.4. The fourth-order valence-corrected chi connectivity index (χ4v) is 1.65. The van der Waals surface area contributed by atoms with Crippen LogP contribution in [-0.4, -0.2) is 30.6 Å². The highest BCUT2D eigenvalue weighted by atomic mass is 16.5. The van der Waals surface area contributed by atoms with Gasteiger partial charge in [-0.15, -0.1) is 0 Å². The lowest BCUT2D eigenvalue weighted by molar-refractivity contribution is 0.129. The van der Waals surface area contributed by atoms with E-state index >= 15 is 0 Å². The molecule has 1 rings (SSSR count). The predicted octanol–water partition coefficient (Wildman–Crippen LogP) is 1.43. The Morgan fingerprint density at radius 1 is 1.59 bits per heavy atom. The minimum absolute atomic E-state index is 0.0302. The molecule has 1 aromatic heterocycles. The van der Waals surface area contributed by atoms with E-state index in [0.717, 1.165) is 17.1 Å². The van der Waals surface area contributed by atoms with Gasteiger partial charge in [-0.1, -0.05) is 0 Å². The van der Waals surface area contributed by atoms with Crippen molar-refractivity contribution in [2.24, 2.45) is 5.73 Å². The summed E-state index contributed by atoms with van der Waals surface area (Å²) in [4.78, 5) is 4.31. The van der Waals surface area contributed by atoms with Gasteiger partial charge in [0.25, 0.3) is 0 Å². The van der Waals surface area contributed by atoms with Crippen molar-refractivity contribution in [1.29, 1.82) is 5.41 Å². The van der Waals surface area contributed by atoms with Crippen LogP contribution in [0.3, 0.4) is 0 Å². The molecule has 94 valence electrons. The van der Waals surface area contributed by atoms with E-state index in [2.05, 4.69) is 10.3 Å². The van der Waals surface area contributed by atoms with Crippen molar-refractivity contribution in [1.82, 2.24) is 4.98 Å². The molecule has 17 heavy (non-hydrogen) atoms. The zero-order valence-electron chi connectivity index (χ0n) is 10.8. The van der Waals surface area contributed by atoms with E-state index in [4.69, 9.17) is 15.9 Å². The predicted molar refractivity (Wildman–Crippen MR) is 69.7 cm³/mol. The third-order valence-electron chi connectivity index (χ3n) is 2.58. The molecule has 1 atom stereocenters. The van der Waals surface area contributed by atoms with Gasteiger partial charge in [0.1, 0.15) is 5.84 Å². The second kappa shape index (κ2) is 5.63.